The van der Waals surface area contributed by atoms with Crippen molar-refractivity contribution in [3.8, 4) is 0 Å². The van der Waals surface area contributed by atoms with Crippen LogP contribution in [0.3, 0.4) is 0 Å². The highest BCUT2D eigenvalue weighted by Crippen LogP contribution is 2.37. The molecule has 2 fully saturated rings. The predicted molar refractivity (Wildman–Crippen MR) is 78.8 cm³/mol. The zero-order valence-corrected chi connectivity index (χ0v) is 11.8. The summed E-state index contributed by atoms with van der Waals surface area (Å²) in [5.41, 5.74) is 7.86. The minimum absolute atomic E-state index is 0.0437. The van der Waals surface area contributed by atoms with Crippen LogP contribution in [-0.2, 0) is 5.54 Å². The zero-order valence-electron chi connectivity index (χ0n) is 11.0. The van der Waals surface area contributed by atoms with Crippen molar-refractivity contribution >= 4 is 11.8 Å². The van der Waals surface area contributed by atoms with Gasteiger partial charge in [-0.25, -0.2) is 0 Å². The molecular formula is C16H23NS. The number of hydrogen-bond acceptors (Lipinski definition) is 2. The summed E-state index contributed by atoms with van der Waals surface area (Å²) in [4.78, 5) is 1.41. The smallest absolute Gasteiger partial charge is 0.0409 e. The van der Waals surface area contributed by atoms with Gasteiger partial charge in [0.15, 0.2) is 0 Å². The van der Waals surface area contributed by atoms with Crippen molar-refractivity contribution in [1.82, 2.24) is 0 Å². The predicted octanol–water partition coefficient (Wildman–Crippen LogP) is 4.31. The molecule has 0 spiro atoms. The Morgan fingerprint density at radius 2 is 1.72 bits per heavy atom. The third-order valence-electron chi connectivity index (χ3n) is 4.36. The molecule has 0 aliphatic heterocycles. The fraction of sp³-hybridized carbons (Fsp3) is 0.625. The fourth-order valence-electron chi connectivity index (χ4n) is 2.85. The Morgan fingerprint density at radius 1 is 1.06 bits per heavy atom. The van der Waals surface area contributed by atoms with E-state index in [-0.39, 0.29) is 5.54 Å². The minimum Gasteiger partial charge on any atom is -0.321 e. The van der Waals surface area contributed by atoms with Crippen molar-refractivity contribution in [2.75, 3.05) is 5.75 Å². The summed E-state index contributed by atoms with van der Waals surface area (Å²) >= 11 is 2.00. The molecule has 0 heterocycles. The molecule has 3 rings (SSSR count). The largest absolute Gasteiger partial charge is 0.321 e. The van der Waals surface area contributed by atoms with Gasteiger partial charge in [0, 0.05) is 16.2 Å². The lowest BCUT2D eigenvalue weighted by molar-refractivity contribution is 0.302. The van der Waals surface area contributed by atoms with Gasteiger partial charge < -0.3 is 5.73 Å². The Morgan fingerprint density at radius 3 is 2.33 bits per heavy atom. The first-order chi connectivity index (χ1) is 8.76. The molecule has 2 heteroatoms. The van der Waals surface area contributed by atoms with E-state index in [1.165, 1.54) is 48.3 Å². The van der Waals surface area contributed by atoms with Gasteiger partial charge in [0.1, 0.15) is 0 Å². The van der Waals surface area contributed by atoms with Gasteiger partial charge in [-0.2, -0.15) is 0 Å². The van der Waals surface area contributed by atoms with E-state index in [1.807, 2.05) is 11.8 Å². The second kappa shape index (κ2) is 5.26. The van der Waals surface area contributed by atoms with E-state index in [2.05, 4.69) is 24.3 Å². The van der Waals surface area contributed by atoms with Crippen LogP contribution in [0.25, 0.3) is 0 Å². The quantitative estimate of drug-likeness (QED) is 0.817. The van der Waals surface area contributed by atoms with Crippen LogP contribution in [0.4, 0.5) is 0 Å². The molecule has 0 amide bonds. The second-order valence-electron chi connectivity index (χ2n) is 6.00. The lowest BCUT2D eigenvalue weighted by Crippen LogP contribution is -2.38. The van der Waals surface area contributed by atoms with Gasteiger partial charge in [0.05, 0.1) is 0 Å². The number of thioether (sulfide) groups is 1. The van der Waals surface area contributed by atoms with Gasteiger partial charge in [0.25, 0.3) is 0 Å². The van der Waals surface area contributed by atoms with Crippen LogP contribution < -0.4 is 5.73 Å². The highest BCUT2D eigenvalue weighted by molar-refractivity contribution is 7.99. The zero-order chi connectivity index (χ0) is 12.4. The molecule has 0 bridgehead atoms. The van der Waals surface area contributed by atoms with Crippen molar-refractivity contribution < 1.29 is 0 Å². The van der Waals surface area contributed by atoms with Gasteiger partial charge in [-0.15, -0.1) is 11.8 Å². The van der Waals surface area contributed by atoms with Crippen LogP contribution in [0, 0.1) is 5.92 Å². The van der Waals surface area contributed by atoms with E-state index in [9.17, 15) is 0 Å². The Kier molecular flexibility index (Phi) is 3.67. The molecule has 18 heavy (non-hydrogen) atoms. The van der Waals surface area contributed by atoms with E-state index < -0.39 is 0 Å². The molecule has 1 aromatic rings. The molecule has 0 unspecified atom stereocenters. The Hall–Kier alpha value is -0.470. The van der Waals surface area contributed by atoms with Crippen molar-refractivity contribution in [1.29, 1.82) is 0 Å². The highest BCUT2D eigenvalue weighted by atomic mass is 32.2. The minimum atomic E-state index is -0.0437. The van der Waals surface area contributed by atoms with Crippen LogP contribution in [0.2, 0.25) is 0 Å². The van der Waals surface area contributed by atoms with Gasteiger partial charge in [0.2, 0.25) is 0 Å². The molecule has 0 atom stereocenters. The first kappa shape index (κ1) is 12.6. The second-order valence-corrected chi connectivity index (χ2v) is 7.09. The fourth-order valence-corrected chi connectivity index (χ4v) is 3.94. The molecule has 98 valence electrons. The number of nitrogens with two attached hydrogens (primary N) is 1. The standard InChI is InChI=1S/C16H23NS/c17-16(10-2-1-3-11-16)14-6-8-15(9-7-14)18-12-13-4-5-13/h6-9,13H,1-5,10-12,17H2. The summed E-state index contributed by atoms with van der Waals surface area (Å²) in [6.45, 7) is 0. The Bertz CT molecular complexity index is 388. The van der Waals surface area contributed by atoms with Crippen LogP contribution >= 0.6 is 11.8 Å². The molecule has 1 aromatic carbocycles. The lowest BCUT2D eigenvalue weighted by Gasteiger charge is -2.34. The van der Waals surface area contributed by atoms with E-state index in [1.54, 1.807) is 0 Å². The van der Waals surface area contributed by atoms with Crippen molar-refractivity contribution in [3.05, 3.63) is 29.8 Å². The van der Waals surface area contributed by atoms with Gasteiger partial charge in [-0.1, -0.05) is 31.4 Å². The first-order valence-corrected chi connectivity index (χ1v) is 8.27. The van der Waals surface area contributed by atoms with Crippen LogP contribution in [-0.4, -0.2) is 5.75 Å². The average Bonchev–Trinajstić information content (AvgIpc) is 3.22. The molecule has 2 N–H and O–H groups in total. The number of hydrogen-bond donors (Lipinski definition) is 1. The van der Waals surface area contributed by atoms with Crippen LogP contribution in [0.1, 0.15) is 50.5 Å². The van der Waals surface area contributed by atoms with Crippen LogP contribution in [0.5, 0.6) is 0 Å². The summed E-state index contributed by atoms with van der Waals surface area (Å²) in [7, 11) is 0. The molecule has 2 saturated carbocycles. The Balaban J connectivity index is 1.65. The van der Waals surface area contributed by atoms with Gasteiger partial charge >= 0.3 is 0 Å². The van der Waals surface area contributed by atoms with Crippen molar-refractivity contribution in [3.63, 3.8) is 0 Å². The third kappa shape index (κ3) is 2.92. The van der Waals surface area contributed by atoms with Gasteiger partial charge in [-0.3, -0.25) is 0 Å². The summed E-state index contributed by atoms with van der Waals surface area (Å²) in [6.07, 6.45) is 9.12. The maximum atomic E-state index is 6.56. The summed E-state index contributed by atoms with van der Waals surface area (Å²) in [5, 5.41) is 0. The average molecular weight is 261 g/mol. The topological polar surface area (TPSA) is 26.0 Å². The molecular weight excluding hydrogens is 238 g/mol. The lowest BCUT2D eigenvalue weighted by atomic mass is 9.77. The SMILES string of the molecule is NC1(c2ccc(SCC3CC3)cc2)CCCCC1. The van der Waals surface area contributed by atoms with E-state index in [0.29, 0.717) is 0 Å². The van der Waals surface area contributed by atoms with Crippen LogP contribution in [0.15, 0.2) is 29.2 Å². The van der Waals surface area contributed by atoms with E-state index in [0.717, 1.165) is 18.8 Å². The molecule has 0 aromatic heterocycles. The van der Waals surface area contributed by atoms with Crippen molar-refractivity contribution in [2.24, 2.45) is 11.7 Å². The number of benzene rings is 1. The third-order valence-corrected chi connectivity index (χ3v) is 5.60. The highest BCUT2D eigenvalue weighted by Gasteiger charge is 2.29. The summed E-state index contributed by atoms with van der Waals surface area (Å²) in [6, 6.07) is 9.07. The molecule has 2 aliphatic carbocycles. The van der Waals surface area contributed by atoms with Crippen molar-refractivity contribution in [2.45, 2.75) is 55.4 Å². The summed E-state index contributed by atoms with van der Waals surface area (Å²) < 4.78 is 0. The number of rotatable bonds is 4. The molecule has 0 radical (unpaired) electrons. The van der Waals surface area contributed by atoms with E-state index >= 15 is 0 Å². The maximum Gasteiger partial charge on any atom is 0.0409 e. The molecule has 0 saturated heterocycles. The van der Waals surface area contributed by atoms with E-state index in [4.69, 9.17) is 5.73 Å². The summed E-state index contributed by atoms with van der Waals surface area (Å²) in [5.74, 6) is 2.29. The molecule has 1 nitrogen and oxygen atoms in total. The maximum absolute atomic E-state index is 6.56. The van der Waals surface area contributed by atoms with Gasteiger partial charge in [-0.05, 0) is 49.3 Å². The Labute approximate surface area is 115 Å². The monoisotopic (exact) mass is 261 g/mol. The molecule has 2 aliphatic rings. The normalized spacial score (nSPS) is 22.9. The first-order valence-electron chi connectivity index (χ1n) is 7.28.